The van der Waals surface area contributed by atoms with E-state index in [1.807, 2.05) is 30.5 Å². The van der Waals surface area contributed by atoms with Gasteiger partial charge in [0, 0.05) is 40.9 Å². The summed E-state index contributed by atoms with van der Waals surface area (Å²) in [6.45, 7) is 5.27. The highest BCUT2D eigenvalue weighted by Crippen LogP contribution is 2.52. The van der Waals surface area contributed by atoms with Crippen LogP contribution in [-0.4, -0.2) is 22.4 Å². The van der Waals surface area contributed by atoms with Crippen LogP contribution in [0.1, 0.15) is 51.6 Å². The first-order valence-electron chi connectivity index (χ1n) is 10.5. The van der Waals surface area contributed by atoms with Crippen molar-refractivity contribution in [2.45, 2.75) is 52.4 Å². The van der Waals surface area contributed by atoms with Crippen LogP contribution in [0.15, 0.2) is 30.5 Å². The van der Waals surface area contributed by atoms with Gasteiger partial charge in [-0.3, -0.25) is 4.79 Å². The molecule has 1 aromatic carbocycles. The Balaban J connectivity index is 1.35. The number of hydrogen-bond donors (Lipinski definition) is 2. The summed E-state index contributed by atoms with van der Waals surface area (Å²) >= 11 is 5.95. The molecule has 2 fully saturated rings. The number of imidazole rings is 1. The number of aromatic nitrogens is 2. The lowest BCUT2D eigenvalue weighted by Crippen LogP contribution is -2.49. The molecule has 0 aliphatic heterocycles. The Labute approximate surface area is 172 Å². The maximum Gasteiger partial charge on any atom is 0.226 e. The lowest BCUT2D eigenvalue weighted by atomic mass is 9.56. The van der Waals surface area contributed by atoms with E-state index < -0.39 is 0 Å². The smallest absolute Gasteiger partial charge is 0.226 e. The molecule has 2 aromatic rings. The summed E-state index contributed by atoms with van der Waals surface area (Å²) in [4.78, 5) is 20.9. The van der Waals surface area contributed by atoms with Crippen LogP contribution in [0.2, 0.25) is 5.02 Å². The molecule has 2 saturated carbocycles. The minimum atomic E-state index is -0.136. The summed E-state index contributed by atoms with van der Waals surface area (Å²) in [5.41, 5.74) is 1.91. The zero-order chi connectivity index (χ0) is 19.7. The topological polar surface area (TPSA) is 57.8 Å². The largest absolute Gasteiger partial charge is 0.355 e. The first kappa shape index (κ1) is 19.5. The number of nitrogens with one attached hydrogen (secondary N) is 2. The summed E-state index contributed by atoms with van der Waals surface area (Å²) in [6.07, 6.45) is 8.38. The van der Waals surface area contributed by atoms with E-state index in [0.717, 1.165) is 48.7 Å². The van der Waals surface area contributed by atoms with Crippen molar-refractivity contribution in [2.24, 2.45) is 23.2 Å². The van der Waals surface area contributed by atoms with Crippen LogP contribution in [0.3, 0.4) is 0 Å². The normalized spacial score (nSPS) is 29.5. The van der Waals surface area contributed by atoms with Gasteiger partial charge in [-0.1, -0.05) is 25.4 Å². The van der Waals surface area contributed by atoms with Crippen molar-refractivity contribution in [3.63, 3.8) is 0 Å². The molecule has 2 atom stereocenters. The van der Waals surface area contributed by atoms with E-state index in [1.165, 1.54) is 12.8 Å². The SMILES string of the molecule is CC1CC2CC(C)CC(C(=O)NCCc3cnc(-c4ccc(Cl)cc4)[nH]3)(C1)C2. The van der Waals surface area contributed by atoms with Gasteiger partial charge in [0.2, 0.25) is 5.91 Å². The molecule has 28 heavy (non-hydrogen) atoms. The van der Waals surface area contributed by atoms with Crippen molar-refractivity contribution >= 4 is 17.5 Å². The highest BCUT2D eigenvalue weighted by Gasteiger charge is 2.48. The third-order valence-corrected chi connectivity index (χ3v) is 6.79. The van der Waals surface area contributed by atoms with Crippen molar-refractivity contribution in [1.29, 1.82) is 0 Å². The molecule has 2 unspecified atom stereocenters. The Morgan fingerprint density at radius 1 is 1.18 bits per heavy atom. The number of aromatic amines is 1. The molecule has 150 valence electrons. The van der Waals surface area contributed by atoms with Crippen molar-refractivity contribution in [2.75, 3.05) is 6.54 Å². The average Bonchev–Trinajstić information content (AvgIpc) is 3.09. The van der Waals surface area contributed by atoms with E-state index in [-0.39, 0.29) is 11.3 Å². The summed E-state index contributed by atoms with van der Waals surface area (Å²) in [5.74, 6) is 3.15. The fourth-order valence-electron chi connectivity index (χ4n) is 5.72. The molecular formula is C23H30ClN3O. The van der Waals surface area contributed by atoms with Crippen LogP contribution in [0, 0.1) is 23.2 Å². The number of benzene rings is 1. The van der Waals surface area contributed by atoms with Crippen molar-refractivity contribution < 1.29 is 4.79 Å². The first-order valence-corrected chi connectivity index (χ1v) is 10.9. The molecule has 2 aliphatic rings. The lowest BCUT2D eigenvalue weighted by molar-refractivity contribution is -0.139. The highest BCUT2D eigenvalue weighted by molar-refractivity contribution is 6.30. The molecule has 0 spiro atoms. The highest BCUT2D eigenvalue weighted by atomic mass is 35.5. The maximum absolute atomic E-state index is 13.1. The Kier molecular flexibility index (Phi) is 5.50. The molecule has 2 bridgehead atoms. The molecule has 4 nitrogen and oxygen atoms in total. The number of hydrogen-bond acceptors (Lipinski definition) is 2. The zero-order valence-electron chi connectivity index (χ0n) is 16.8. The van der Waals surface area contributed by atoms with Crippen molar-refractivity contribution in [3.05, 3.63) is 41.2 Å². The van der Waals surface area contributed by atoms with Gasteiger partial charge in [0.1, 0.15) is 5.82 Å². The monoisotopic (exact) mass is 399 g/mol. The zero-order valence-corrected chi connectivity index (χ0v) is 17.6. The number of rotatable bonds is 5. The van der Waals surface area contributed by atoms with E-state index in [9.17, 15) is 4.79 Å². The van der Waals surface area contributed by atoms with Crippen molar-refractivity contribution in [1.82, 2.24) is 15.3 Å². The maximum atomic E-state index is 13.1. The third kappa shape index (κ3) is 4.12. The number of nitrogens with zero attached hydrogens (tertiary/aromatic N) is 1. The number of H-pyrrole nitrogens is 1. The van der Waals surface area contributed by atoms with E-state index >= 15 is 0 Å². The molecule has 2 aliphatic carbocycles. The van der Waals surface area contributed by atoms with E-state index in [0.29, 0.717) is 23.4 Å². The van der Waals surface area contributed by atoms with Gasteiger partial charge in [-0.05, 0) is 74.1 Å². The second-order valence-electron chi connectivity index (χ2n) is 9.21. The first-order chi connectivity index (χ1) is 13.4. The van der Waals surface area contributed by atoms with E-state index in [4.69, 9.17) is 11.6 Å². The Hall–Kier alpha value is -1.81. The number of fused-ring (bicyclic) bond motifs is 2. The summed E-state index contributed by atoms with van der Waals surface area (Å²) in [6, 6.07) is 7.64. The van der Waals surface area contributed by atoms with Crippen molar-refractivity contribution in [3.8, 4) is 11.4 Å². The predicted octanol–water partition coefficient (Wildman–Crippen LogP) is 5.24. The summed E-state index contributed by atoms with van der Waals surface area (Å²) in [5, 5.41) is 3.96. The van der Waals surface area contributed by atoms with Gasteiger partial charge in [-0.2, -0.15) is 0 Å². The Morgan fingerprint density at radius 2 is 1.86 bits per heavy atom. The molecule has 4 rings (SSSR count). The predicted molar refractivity (Wildman–Crippen MR) is 113 cm³/mol. The molecule has 5 heteroatoms. The van der Waals surface area contributed by atoms with Gasteiger partial charge >= 0.3 is 0 Å². The second kappa shape index (κ2) is 7.90. The van der Waals surface area contributed by atoms with Crippen LogP contribution in [0.5, 0.6) is 0 Å². The van der Waals surface area contributed by atoms with Crippen LogP contribution in [-0.2, 0) is 11.2 Å². The number of halogens is 1. The summed E-state index contributed by atoms with van der Waals surface area (Å²) in [7, 11) is 0. The standard InChI is InChI=1S/C23H30ClN3O/c1-15-9-17-10-16(2)12-23(11-15,13-17)22(28)25-8-7-20-14-26-21(27-20)18-3-5-19(24)6-4-18/h3-6,14-17H,7-13H2,1-2H3,(H,25,28)(H,26,27). The van der Waals surface area contributed by atoms with Crippen LogP contribution in [0.4, 0.5) is 0 Å². The number of carbonyl (C=O) groups excluding carboxylic acids is 1. The van der Waals surface area contributed by atoms with Gasteiger partial charge in [0.05, 0.1) is 0 Å². The number of amides is 1. The van der Waals surface area contributed by atoms with Gasteiger partial charge < -0.3 is 10.3 Å². The molecule has 1 amide bonds. The lowest BCUT2D eigenvalue weighted by Gasteiger charge is -2.48. The van der Waals surface area contributed by atoms with Gasteiger partial charge in [0.15, 0.2) is 0 Å². The average molecular weight is 400 g/mol. The molecular weight excluding hydrogens is 370 g/mol. The summed E-state index contributed by atoms with van der Waals surface area (Å²) < 4.78 is 0. The molecule has 0 radical (unpaired) electrons. The molecule has 0 saturated heterocycles. The Morgan fingerprint density at radius 3 is 2.54 bits per heavy atom. The van der Waals surface area contributed by atoms with E-state index in [1.54, 1.807) is 0 Å². The fourth-order valence-corrected chi connectivity index (χ4v) is 5.85. The van der Waals surface area contributed by atoms with Gasteiger partial charge in [0.25, 0.3) is 0 Å². The third-order valence-electron chi connectivity index (χ3n) is 6.54. The molecule has 1 heterocycles. The fraction of sp³-hybridized carbons (Fsp3) is 0.565. The van der Waals surface area contributed by atoms with Crippen LogP contribution in [0.25, 0.3) is 11.4 Å². The van der Waals surface area contributed by atoms with Crippen LogP contribution >= 0.6 is 11.6 Å². The second-order valence-corrected chi connectivity index (χ2v) is 9.65. The van der Waals surface area contributed by atoms with Gasteiger partial charge in [-0.15, -0.1) is 0 Å². The Bertz CT molecular complexity index is 809. The van der Waals surface area contributed by atoms with Crippen LogP contribution < -0.4 is 5.32 Å². The van der Waals surface area contributed by atoms with E-state index in [2.05, 4.69) is 29.1 Å². The van der Waals surface area contributed by atoms with Gasteiger partial charge in [-0.25, -0.2) is 4.98 Å². The molecule has 1 aromatic heterocycles. The quantitative estimate of drug-likeness (QED) is 0.722. The minimum absolute atomic E-state index is 0.136. The molecule has 2 N–H and O–H groups in total. The minimum Gasteiger partial charge on any atom is -0.355 e. The number of carbonyl (C=O) groups is 1.